The molecule has 2 aromatic rings. The molecule has 1 aromatic carbocycles. The molecular weight excluding hydrogens is 386 g/mol. The Morgan fingerprint density at radius 2 is 1.81 bits per heavy atom. The predicted molar refractivity (Wildman–Crippen MR) is 106 cm³/mol. The Labute approximate surface area is 163 Å². The molecule has 2 rings (SSSR count). The topological polar surface area (TPSA) is 96.4 Å². The number of nitrogens with one attached hydrogen (secondary N) is 1. The van der Waals surface area contributed by atoms with E-state index in [1.165, 1.54) is 11.8 Å². The van der Waals surface area contributed by atoms with Crippen LogP contribution in [0.25, 0.3) is 0 Å². The number of hydrogen-bond acceptors (Lipinski definition) is 6. The molecule has 0 saturated heterocycles. The number of likely N-dealkylation sites (N-methyl/N-ethyl adjacent to an activating group) is 1. The van der Waals surface area contributed by atoms with E-state index in [1.807, 2.05) is 13.8 Å². The fourth-order valence-corrected chi connectivity index (χ4v) is 5.32. The number of anilines is 1. The normalized spacial score (nSPS) is 12.4. The molecule has 2 amide bonds. The number of aromatic nitrogens is 1. The van der Waals surface area contributed by atoms with Gasteiger partial charge in [-0.25, -0.2) is 13.4 Å². The zero-order valence-corrected chi connectivity index (χ0v) is 17.1. The summed E-state index contributed by atoms with van der Waals surface area (Å²) in [6.07, 6.45) is 0. The highest BCUT2D eigenvalue weighted by atomic mass is 32.2. The largest absolute Gasteiger partial charge is 0.342 e. The molecular formula is C18H23N3O4S2. The predicted octanol–water partition coefficient (Wildman–Crippen LogP) is 2.63. The van der Waals surface area contributed by atoms with E-state index in [0.717, 1.165) is 11.3 Å². The minimum Gasteiger partial charge on any atom is -0.342 e. The number of rotatable bonds is 8. The van der Waals surface area contributed by atoms with Crippen molar-refractivity contribution < 1.29 is 18.0 Å². The lowest BCUT2D eigenvalue weighted by Crippen LogP contribution is -2.38. The molecule has 1 atom stereocenters. The number of benzene rings is 1. The third-order valence-electron chi connectivity index (χ3n) is 3.94. The van der Waals surface area contributed by atoms with Crippen molar-refractivity contribution in [2.75, 3.05) is 18.4 Å². The van der Waals surface area contributed by atoms with E-state index in [0.29, 0.717) is 29.5 Å². The lowest BCUT2D eigenvalue weighted by molar-refractivity contribution is -0.130. The third-order valence-corrected chi connectivity index (χ3v) is 6.64. The Hall–Kier alpha value is -2.26. The molecule has 0 fully saturated rings. The average Bonchev–Trinajstić information content (AvgIpc) is 3.02. The van der Waals surface area contributed by atoms with E-state index in [9.17, 15) is 18.0 Å². The first-order valence-electron chi connectivity index (χ1n) is 8.55. The van der Waals surface area contributed by atoms with Gasteiger partial charge in [0.2, 0.25) is 11.8 Å². The molecule has 1 heterocycles. The van der Waals surface area contributed by atoms with Crippen molar-refractivity contribution in [2.45, 2.75) is 31.8 Å². The van der Waals surface area contributed by atoms with Crippen LogP contribution in [0.3, 0.4) is 0 Å². The van der Waals surface area contributed by atoms with Crippen LogP contribution in [0.15, 0.2) is 35.7 Å². The van der Waals surface area contributed by atoms with Gasteiger partial charge < -0.3 is 10.2 Å². The van der Waals surface area contributed by atoms with E-state index in [2.05, 4.69) is 10.3 Å². The average molecular weight is 410 g/mol. The SMILES string of the molecule is CCN(CC)C(=O)C(c1ccccc1)S(=O)(=O)Cc1csc(NC(C)=O)n1. The number of sulfone groups is 1. The summed E-state index contributed by atoms with van der Waals surface area (Å²) in [6.45, 7) is 5.84. The number of thiazole rings is 1. The van der Waals surface area contributed by atoms with E-state index in [-0.39, 0.29) is 11.7 Å². The van der Waals surface area contributed by atoms with Crippen LogP contribution in [0.4, 0.5) is 5.13 Å². The molecule has 0 aliphatic heterocycles. The Balaban J connectivity index is 2.37. The summed E-state index contributed by atoms with van der Waals surface area (Å²) in [5, 5.41) is 3.15. The molecule has 1 N–H and O–H groups in total. The molecule has 9 heteroatoms. The third kappa shape index (κ3) is 5.36. The molecule has 0 aliphatic carbocycles. The molecule has 0 radical (unpaired) electrons. The van der Waals surface area contributed by atoms with Crippen LogP contribution in [0.2, 0.25) is 0 Å². The van der Waals surface area contributed by atoms with Gasteiger partial charge in [0.25, 0.3) is 0 Å². The molecule has 7 nitrogen and oxygen atoms in total. The highest BCUT2D eigenvalue weighted by Crippen LogP contribution is 2.29. The van der Waals surface area contributed by atoms with Gasteiger partial charge in [0.05, 0.1) is 11.4 Å². The number of carbonyl (C=O) groups is 2. The first-order chi connectivity index (χ1) is 12.8. The highest BCUT2D eigenvalue weighted by Gasteiger charge is 2.36. The molecule has 0 spiro atoms. The van der Waals surface area contributed by atoms with Crippen molar-refractivity contribution >= 4 is 38.1 Å². The fraction of sp³-hybridized carbons (Fsp3) is 0.389. The van der Waals surface area contributed by atoms with Gasteiger partial charge in [0.1, 0.15) is 0 Å². The van der Waals surface area contributed by atoms with Crippen LogP contribution in [-0.2, 0) is 25.2 Å². The van der Waals surface area contributed by atoms with Crippen LogP contribution in [0, 0.1) is 0 Å². The smallest absolute Gasteiger partial charge is 0.245 e. The number of hydrogen-bond donors (Lipinski definition) is 1. The van der Waals surface area contributed by atoms with Gasteiger partial charge >= 0.3 is 0 Å². The summed E-state index contributed by atoms with van der Waals surface area (Å²) in [5.74, 6) is -1.10. The Bertz CT molecular complexity index is 890. The van der Waals surface area contributed by atoms with Gasteiger partial charge in [-0.15, -0.1) is 11.3 Å². The molecule has 0 bridgehead atoms. The number of carbonyl (C=O) groups excluding carboxylic acids is 2. The lowest BCUT2D eigenvalue weighted by Gasteiger charge is -2.25. The number of amides is 2. The quantitative estimate of drug-likeness (QED) is 0.723. The maximum absolute atomic E-state index is 13.1. The Morgan fingerprint density at radius 1 is 1.19 bits per heavy atom. The highest BCUT2D eigenvalue weighted by molar-refractivity contribution is 7.91. The monoisotopic (exact) mass is 409 g/mol. The van der Waals surface area contributed by atoms with Gasteiger partial charge in [-0.2, -0.15) is 0 Å². The second kappa shape index (κ2) is 9.09. The summed E-state index contributed by atoms with van der Waals surface area (Å²) in [5.41, 5.74) is 0.740. The molecule has 27 heavy (non-hydrogen) atoms. The molecule has 146 valence electrons. The molecule has 1 aromatic heterocycles. The van der Waals surface area contributed by atoms with Crippen molar-refractivity contribution in [1.82, 2.24) is 9.88 Å². The molecule has 1 unspecified atom stereocenters. The summed E-state index contributed by atoms with van der Waals surface area (Å²) in [4.78, 5) is 29.7. The summed E-state index contributed by atoms with van der Waals surface area (Å²) in [6, 6.07) is 8.49. The van der Waals surface area contributed by atoms with Crippen molar-refractivity contribution in [3.8, 4) is 0 Å². The summed E-state index contributed by atoms with van der Waals surface area (Å²) in [7, 11) is -3.87. The fourth-order valence-electron chi connectivity index (χ4n) is 2.70. The van der Waals surface area contributed by atoms with Gasteiger partial charge in [-0.05, 0) is 19.4 Å². The van der Waals surface area contributed by atoms with Crippen molar-refractivity contribution in [3.05, 3.63) is 47.0 Å². The van der Waals surface area contributed by atoms with E-state index in [1.54, 1.807) is 35.7 Å². The lowest BCUT2D eigenvalue weighted by atomic mass is 10.1. The molecule has 0 saturated carbocycles. The maximum Gasteiger partial charge on any atom is 0.245 e. The minimum absolute atomic E-state index is 0.280. The van der Waals surface area contributed by atoms with Gasteiger partial charge in [0, 0.05) is 25.4 Å². The van der Waals surface area contributed by atoms with Gasteiger partial charge in [-0.1, -0.05) is 30.3 Å². The van der Waals surface area contributed by atoms with Crippen LogP contribution in [-0.4, -0.2) is 43.2 Å². The zero-order valence-electron chi connectivity index (χ0n) is 15.5. The van der Waals surface area contributed by atoms with Crippen molar-refractivity contribution in [2.24, 2.45) is 0 Å². The van der Waals surface area contributed by atoms with E-state index >= 15 is 0 Å². The first kappa shape index (κ1) is 21.0. The van der Waals surface area contributed by atoms with Gasteiger partial charge in [0.15, 0.2) is 20.2 Å². The second-order valence-corrected chi connectivity index (χ2v) is 8.88. The van der Waals surface area contributed by atoms with Crippen LogP contribution in [0.1, 0.15) is 37.3 Å². The Morgan fingerprint density at radius 3 is 2.37 bits per heavy atom. The number of nitrogens with zero attached hydrogens (tertiary/aromatic N) is 2. The zero-order chi connectivity index (χ0) is 20.0. The molecule has 0 aliphatic rings. The minimum atomic E-state index is -3.87. The summed E-state index contributed by atoms with van der Waals surface area (Å²) >= 11 is 1.15. The van der Waals surface area contributed by atoms with E-state index < -0.39 is 21.0 Å². The van der Waals surface area contributed by atoms with E-state index in [4.69, 9.17) is 0 Å². The Kier molecular flexibility index (Phi) is 7.09. The second-order valence-electron chi connectivity index (χ2n) is 5.93. The van der Waals surface area contributed by atoms with Crippen LogP contribution >= 0.6 is 11.3 Å². The summed E-state index contributed by atoms with van der Waals surface area (Å²) < 4.78 is 26.3. The van der Waals surface area contributed by atoms with Gasteiger partial charge in [-0.3, -0.25) is 9.59 Å². The first-order valence-corrected chi connectivity index (χ1v) is 11.1. The standard InChI is InChI=1S/C18H23N3O4S2/c1-4-21(5-2)17(23)16(14-9-7-6-8-10-14)27(24,25)12-15-11-26-18(20-15)19-13(3)22/h6-11,16H,4-5,12H2,1-3H3,(H,19,20,22). The van der Waals surface area contributed by atoms with Crippen molar-refractivity contribution in [3.63, 3.8) is 0 Å². The van der Waals surface area contributed by atoms with Crippen LogP contribution in [0.5, 0.6) is 0 Å². The van der Waals surface area contributed by atoms with Crippen LogP contribution < -0.4 is 5.32 Å². The maximum atomic E-state index is 13.1. The van der Waals surface area contributed by atoms with Crippen molar-refractivity contribution in [1.29, 1.82) is 0 Å².